The molecular formula is C53H92N12O17S. The summed E-state index contributed by atoms with van der Waals surface area (Å²) >= 11 is 1.24. The van der Waals surface area contributed by atoms with Crippen molar-refractivity contribution in [3.05, 3.63) is 0 Å². The molecule has 0 aliphatic heterocycles. The molecule has 0 rings (SSSR count). The van der Waals surface area contributed by atoms with Crippen LogP contribution < -0.4 is 64.2 Å². The maximum atomic E-state index is 14.0. The van der Waals surface area contributed by atoms with Gasteiger partial charge in [-0.05, 0) is 89.6 Å². The van der Waals surface area contributed by atoms with Crippen LogP contribution in [0, 0.1) is 23.7 Å². The Morgan fingerprint density at radius 1 is 0.386 bits per heavy atom. The Morgan fingerprint density at radius 2 is 0.711 bits per heavy atom. The first kappa shape index (κ1) is 75.9. The summed E-state index contributed by atoms with van der Waals surface area (Å²) < 4.78 is 0. The van der Waals surface area contributed by atoms with E-state index in [1.165, 1.54) is 46.4 Å². The Balaban J connectivity index is 6.40. The van der Waals surface area contributed by atoms with Crippen molar-refractivity contribution in [2.45, 2.75) is 214 Å². The molecule has 83 heavy (non-hydrogen) atoms. The minimum Gasteiger partial charge on any atom is -0.481 e. The molecule has 0 aliphatic carbocycles. The van der Waals surface area contributed by atoms with E-state index in [0.29, 0.717) is 19.3 Å². The van der Waals surface area contributed by atoms with Crippen LogP contribution in [0.3, 0.4) is 0 Å². The summed E-state index contributed by atoms with van der Waals surface area (Å²) in [7, 11) is 0. The molecule has 0 radical (unpaired) electrons. The van der Waals surface area contributed by atoms with Gasteiger partial charge in [-0.3, -0.25) is 67.1 Å². The van der Waals surface area contributed by atoms with Crippen molar-refractivity contribution < 1.29 is 82.4 Å². The van der Waals surface area contributed by atoms with E-state index in [4.69, 9.17) is 5.73 Å². The van der Waals surface area contributed by atoms with Gasteiger partial charge in [-0.1, -0.05) is 74.7 Å². The van der Waals surface area contributed by atoms with Gasteiger partial charge in [0.15, 0.2) is 0 Å². The van der Waals surface area contributed by atoms with Crippen LogP contribution in [0.2, 0.25) is 0 Å². The first-order chi connectivity index (χ1) is 38.6. The number of carboxylic acids is 3. The quantitative estimate of drug-likeness (QED) is 0.0320. The van der Waals surface area contributed by atoms with E-state index in [0.717, 1.165) is 0 Å². The second-order valence-corrected chi connectivity index (χ2v) is 22.3. The first-order valence-electron chi connectivity index (χ1n) is 27.8. The lowest BCUT2D eigenvalue weighted by atomic mass is 9.96. The van der Waals surface area contributed by atoms with Crippen LogP contribution in [0.15, 0.2) is 0 Å². The fraction of sp³-hybridized carbons (Fsp3) is 0.736. The number of nitrogens with one attached hydrogen (secondary N) is 11. The molecule has 0 bridgehead atoms. The summed E-state index contributed by atoms with van der Waals surface area (Å²) in [6.07, 6.45) is 0.580. The number of carboxylic acid groups (broad SMARTS) is 3. The van der Waals surface area contributed by atoms with Crippen molar-refractivity contribution >= 4 is 94.6 Å². The average Bonchev–Trinajstić information content (AvgIpc) is 3.43. The predicted molar refractivity (Wildman–Crippen MR) is 305 cm³/mol. The number of carbonyl (C=O) groups excluding carboxylic acids is 11. The molecule has 0 saturated carbocycles. The largest absolute Gasteiger partial charge is 0.481 e. The van der Waals surface area contributed by atoms with Crippen molar-refractivity contribution in [2.75, 3.05) is 12.0 Å². The van der Waals surface area contributed by atoms with E-state index in [-0.39, 0.29) is 30.4 Å². The number of carbonyl (C=O) groups is 14. The van der Waals surface area contributed by atoms with Crippen molar-refractivity contribution in [3.8, 4) is 0 Å². The van der Waals surface area contributed by atoms with Gasteiger partial charge in [-0.25, -0.2) is 0 Å². The molecule has 0 unspecified atom stereocenters. The van der Waals surface area contributed by atoms with E-state index < -0.39 is 186 Å². The summed E-state index contributed by atoms with van der Waals surface area (Å²) in [5.74, 6) is -15.3. The number of nitrogens with two attached hydrogens (primary N) is 1. The smallest absolute Gasteiger partial charge is 0.325 e. The summed E-state index contributed by atoms with van der Waals surface area (Å²) in [5, 5.41) is 55.7. The standard InChI is InChI=1S/C53H92N12O17S/c1-15-25(6)39(63-42(70)28(9)54)50(78)56-29(10)43(71)55-30(11)44(72)61-35(22-24(4)5)49(77)65-40(26(7)16-2)51(79)57-31(12)45(73)62-36(23-38(68)69)48(76)60-34(20-21-83-14)46(74)59-33(18-19-37(66)67)47(75)64-41(27(8)17-3)52(80)58-32(13)53(81)82/h24-36,39-41H,15-23,54H2,1-14H3,(H,55,71)(H,56,78)(H,57,79)(H,58,80)(H,59,74)(H,60,76)(H,61,72)(H,62,73)(H,63,70)(H,64,75)(H,65,77)(H,66,67)(H,68,69)(H,81,82)/t25-,26-,27-,28-,29-,30-,31-,32-,33-,34-,35-,36-,39-,40-,41-/m0/s1. The molecule has 472 valence electrons. The van der Waals surface area contributed by atoms with Crippen LogP contribution in [0.4, 0.5) is 0 Å². The molecule has 0 aromatic heterocycles. The van der Waals surface area contributed by atoms with Crippen molar-refractivity contribution in [2.24, 2.45) is 29.4 Å². The summed E-state index contributed by atoms with van der Waals surface area (Å²) in [6.45, 7) is 20.3. The Morgan fingerprint density at radius 3 is 1.07 bits per heavy atom. The number of rotatable bonds is 39. The van der Waals surface area contributed by atoms with Crippen LogP contribution in [0.1, 0.15) is 141 Å². The molecule has 0 heterocycles. The Hall–Kier alpha value is -7.11. The van der Waals surface area contributed by atoms with Gasteiger partial charge in [0.1, 0.15) is 66.5 Å². The number of hydrogen-bond donors (Lipinski definition) is 15. The topological polar surface area (TPSA) is 458 Å². The summed E-state index contributed by atoms with van der Waals surface area (Å²) in [5.41, 5.74) is 5.67. The predicted octanol–water partition coefficient (Wildman–Crippen LogP) is -1.89. The number of thioether (sulfide) groups is 1. The highest BCUT2D eigenvalue weighted by molar-refractivity contribution is 7.98. The molecule has 0 fully saturated rings. The molecular weight excluding hydrogens is 1110 g/mol. The molecule has 0 spiro atoms. The highest BCUT2D eigenvalue weighted by Crippen LogP contribution is 2.14. The molecule has 0 saturated heterocycles. The Labute approximate surface area is 489 Å². The van der Waals surface area contributed by atoms with E-state index in [1.54, 1.807) is 54.7 Å². The van der Waals surface area contributed by atoms with Gasteiger partial charge in [0.05, 0.1) is 12.5 Å². The number of hydrogen-bond acceptors (Lipinski definition) is 16. The van der Waals surface area contributed by atoms with Crippen LogP contribution in [-0.4, -0.2) is 183 Å². The lowest BCUT2D eigenvalue weighted by Crippen LogP contribution is -2.61. The van der Waals surface area contributed by atoms with Crippen LogP contribution in [0.5, 0.6) is 0 Å². The normalized spacial score (nSPS) is 16.6. The van der Waals surface area contributed by atoms with Crippen LogP contribution >= 0.6 is 11.8 Å². The highest BCUT2D eigenvalue weighted by Gasteiger charge is 2.37. The van der Waals surface area contributed by atoms with Crippen molar-refractivity contribution in [1.29, 1.82) is 0 Å². The maximum absolute atomic E-state index is 14.0. The second kappa shape index (κ2) is 37.9. The molecule has 30 heteroatoms. The van der Waals surface area contributed by atoms with Gasteiger partial charge in [-0.2, -0.15) is 11.8 Å². The Bertz CT molecular complexity index is 2270. The van der Waals surface area contributed by atoms with Gasteiger partial charge in [-0.15, -0.1) is 0 Å². The highest BCUT2D eigenvalue weighted by atomic mass is 32.2. The third-order valence-electron chi connectivity index (χ3n) is 13.7. The summed E-state index contributed by atoms with van der Waals surface area (Å²) in [6, 6.07) is -16.1. The van der Waals surface area contributed by atoms with Gasteiger partial charge in [0, 0.05) is 6.42 Å². The Kier molecular flexibility index (Phi) is 34.6. The zero-order valence-electron chi connectivity index (χ0n) is 50.1. The fourth-order valence-corrected chi connectivity index (χ4v) is 8.14. The lowest BCUT2D eigenvalue weighted by molar-refractivity contribution is -0.142. The lowest BCUT2D eigenvalue weighted by Gasteiger charge is -2.29. The van der Waals surface area contributed by atoms with E-state index in [9.17, 15) is 82.4 Å². The third kappa shape index (κ3) is 27.7. The maximum Gasteiger partial charge on any atom is 0.325 e. The average molecular weight is 1200 g/mol. The zero-order chi connectivity index (χ0) is 64.2. The SMILES string of the molecule is CC[C@H](C)[C@H](NC(=O)[C@H](C)N)C(=O)N[C@@H](C)C(=O)N[C@@H](C)C(=O)N[C@@H](CC(C)C)C(=O)N[C@H](C(=O)N[C@@H](C)C(=O)N[C@@H](CC(=O)O)C(=O)N[C@@H](CCSC)C(=O)N[C@@H](CCC(=O)O)C(=O)N[C@H](C(=O)N[C@@H](C)C(=O)O)[C@@H](C)CC)[C@@H](C)CC. The minimum atomic E-state index is -1.88. The van der Waals surface area contributed by atoms with E-state index in [1.807, 2.05) is 6.92 Å². The van der Waals surface area contributed by atoms with Gasteiger partial charge in [0.2, 0.25) is 65.0 Å². The molecule has 29 nitrogen and oxygen atoms in total. The molecule has 11 amide bonds. The number of aliphatic carboxylic acids is 3. The second-order valence-electron chi connectivity index (χ2n) is 21.3. The molecule has 0 aliphatic rings. The van der Waals surface area contributed by atoms with Gasteiger partial charge in [0.25, 0.3) is 0 Å². The minimum absolute atomic E-state index is 0.0614. The van der Waals surface area contributed by atoms with Crippen LogP contribution in [0.25, 0.3) is 0 Å². The van der Waals surface area contributed by atoms with Crippen LogP contribution in [-0.2, 0) is 67.1 Å². The van der Waals surface area contributed by atoms with Gasteiger partial charge < -0.3 is 79.5 Å². The molecule has 15 atom stereocenters. The zero-order valence-corrected chi connectivity index (χ0v) is 51.0. The number of amides is 11. The van der Waals surface area contributed by atoms with Crippen molar-refractivity contribution in [1.82, 2.24) is 58.5 Å². The molecule has 0 aromatic carbocycles. The first-order valence-corrected chi connectivity index (χ1v) is 29.2. The summed E-state index contributed by atoms with van der Waals surface area (Å²) in [4.78, 5) is 183. The monoisotopic (exact) mass is 1200 g/mol. The van der Waals surface area contributed by atoms with Gasteiger partial charge >= 0.3 is 17.9 Å². The van der Waals surface area contributed by atoms with Crippen molar-refractivity contribution in [3.63, 3.8) is 0 Å². The van der Waals surface area contributed by atoms with E-state index in [2.05, 4.69) is 58.5 Å². The molecule has 16 N–H and O–H groups in total. The third-order valence-corrected chi connectivity index (χ3v) is 14.3. The molecule has 0 aromatic rings. The fourth-order valence-electron chi connectivity index (χ4n) is 7.67. The van der Waals surface area contributed by atoms with E-state index >= 15 is 0 Å².